The number of para-hydroxylation sites is 1. The van der Waals surface area contributed by atoms with Gasteiger partial charge in [0.05, 0.1) is 24.7 Å². The molecule has 0 aliphatic carbocycles. The van der Waals surface area contributed by atoms with Crippen LogP contribution >= 0.6 is 0 Å². The number of rotatable bonds is 18. The highest BCUT2D eigenvalue weighted by atomic mass is 32.2. The lowest BCUT2D eigenvalue weighted by Crippen LogP contribution is -2.43. The zero-order valence-corrected chi connectivity index (χ0v) is 24.8. The number of methoxy groups -OCH3 is 2. The predicted molar refractivity (Wildman–Crippen MR) is 155 cm³/mol. The topological polar surface area (TPSA) is 191 Å². The molecule has 0 spiro atoms. The zero-order chi connectivity index (χ0) is 32.0. The molecular formula is C29H36N2O11S. The zero-order valence-electron chi connectivity index (χ0n) is 24.0. The van der Waals surface area contributed by atoms with Crippen molar-refractivity contribution in [2.45, 2.75) is 43.4 Å². The second-order valence-electron chi connectivity index (χ2n) is 9.65. The van der Waals surface area contributed by atoms with Gasteiger partial charge in [-0.15, -0.1) is 0 Å². The van der Waals surface area contributed by atoms with Crippen molar-refractivity contribution in [1.29, 1.82) is 0 Å². The molecule has 234 valence electrons. The number of esters is 2. The summed E-state index contributed by atoms with van der Waals surface area (Å²) in [5.74, 6) is -2.95. The van der Waals surface area contributed by atoms with E-state index in [1.54, 1.807) is 0 Å². The summed E-state index contributed by atoms with van der Waals surface area (Å²) >= 11 is 0. The lowest BCUT2D eigenvalue weighted by molar-refractivity contribution is -0.387. The number of carbonyl (C=O) groups is 3. The molecule has 0 radical (unpaired) electrons. The van der Waals surface area contributed by atoms with Crippen molar-refractivity contribution < 1.29 is 47.4 Å². The van der Waals surface area contributed by atoms with Gasteiger partial charge in [0, 0.05) is 25.8 Å². The Morgan fingerprint density at radius 3 is 2.12 bits per heavy atom. The molecule has 0 saturated carbocycles. The van der Waals surface area contributed by atoms with Crippen LogP contribution in [0.4, 0.5) is 5.69 Å². The van der Waals surface area contributed by atoms with Gasteiger partial charge in [-0.1, -0.05) is 49.3 Å². The molecule has 0 saturated heterocycles. The Bertz CT molecular complexity index is 1390. The minimum Gasteiger partial charge on any atom is -0.478 e. The SMILES string of the molecule is COC(=O)C(C/C=C/CN(CCCCCCO)S(=O)(=O)c1ccccc1[N+](=O)[O-])(Cc1ccc(C(=O)O)cc1)C(=O)OC. The van der Waals surface area contributed by atoms with Crippen molar-refractivity contribution in [3.05, 3.63) is 81.9 Å². The van der Waals surface area contributed by atoms with E-state index in [0.717, 1.165) is 30.7 Å². The second kappa shape index (κ2) is 16.5. The monoisotopic (exact) mass is 620 g/mol. The molecule has 0 fully saturated rings. The molecule has 2 N–H and O–H groups in total. The van der Waals surface area contributed by atoms with Gasteiger partial charge in [-0.2, -0.15) is 4.31 Å². The smallest absolute Gasteiger partial charge is 0.335 e. The molecule has 0 heterocycles. The highest BCUT2D eigenvalue weighted by Crippen LogP contribution is 2.32. The third kappa shape index (κ3) is 9.17. The molecule has 2 aromatic carbocycles. The number of ether oxygens (including phenoxy) is 2. The first kappa shape index (κ1) is 35.1. The number of unbranched alkanes of at least 4 members (excludes halogenated alkanes) is 3. The third-order valence-electron chi connectivity index (χ3n) is 6.80. The molecule has 2 aromatic rings. The molecule has 0 aliphatic heterocycles. The summed E-state index contributed by atoms with van der Waals surface area (Å²) in [4.78, 5) is 47.5. The number of carboxylic acid groups (broad SMARTS) is 1. The van der Waals surface area contributed by atoms with Gasteiger partial charge in [0.2, 0.25) is 10.0 Å². The molecule has 0 aliphatic rings. The van der Waals surface area contributed by atoms with Gasteiger partial charge >= 0.3 is 17.9 Å². The first-order valence-electron chi connectivity index (χ1n) is 13.4. The average Bonchev–Trinajstić information content (AvgIpc) is 3.00. The lowest BCUT2D eigenvalue weighted by Gasteiger charge is -2.27. The highest BCUT2D eigenvalue weighted by Gasteiger charge is 2.47. The van der Waals surface area contributed by atoms with Gasteiger partial charge in [-0.3, -0.25) is 19.7 Å². The van der Waals surface area contributed by atoms with Crippen LogP contribution in [0.3, 0.4) is 0 Å². The van der Waals surface area contributed by atoms with E-state index in [9.17, 15) is 32.9 Å². The summed E-state index contributed by atoms with van der Waals surface area (Å²) in [5.41, 5.74) is -1.96. The number of aliphatic hydroxyl groups excluding tert-OH is 1. The van der Waals surface area contributed by atoms with Crippen LogP contribution < -0.4 is 0 Å². The van der Waals surface area contributed by atoms with E-state index >= 15 is 0 Å². The fraction of sp³-hybridized carbons (Fsp3) is 0.414. The number of allylic oxidation sites excluding steroid dienone is 1. The Hall–Kier alpha value is -4.14. The van der Waals surface area contributed by atoms with Gasteiger partial charge in [0.15, 0.2) is 10.3 Å². The van der Waals surface area contributed by atoms with Crippen LogP contribution in [0.1, 0.15) is 48.0 Å². The number of carbonyl (C=O) groups excluding carboxylic acids is 2. The summed E-state index contributed by atoms with van der Waals surface area (Å²) < 4.78 is 38.0. The van der Waals surface area contributed by atoms with E-state index < -0.39 is 48.9 Å². The number of aromatic carboxylic acids is 1. The van der Waals surface area contributed by atoms with Gasteiger partial charge in [-0.25, -0.2) is 13.2 Å². The lowest BCUT2D eigenvalue weighted by atomic mass is 9.78. The molecule has 0 bridgehead atoms. The number of carboxylic acids is 1. The average molecular weight is 621 g/mol. The Balaban J connectivity index is 2.39. The Kier molecular flexibility index (Phi) is 13.4. The largest absolute Gasteiger partial charge is 0.478 e. The summed E-state index contributed by atoms with van der Waals surface area (Å²) in [6.45, 7) is -0.188. The van der Waals surface area contributed by atoms with Crippen molar-refractivity contribution in [1.82, 2.24) is 4.31 Å². The number of hydrogen-bond acceptors (Lipinski definition) is 10. The van der Waals surface area contributed by atoms with Gasteiger partial charge in [0.25, 0.3) is 5.69 Å². The van der Waals surface area contributed by atoms with Crippen LogP contribution in [0.5, 0.6) is 0 Å². The van der Waals surface area contributed by atoms with E-state index in [4.69, 9.17) is 19.7 Å². The number of nitrogens with zero attached hydrogens (tertiary/aromatic N) is 2. The number of nitro benzene ring substituents is 1. The van der Waals surface area contributed by atoms with Crippen LogP contribution in [-0.2, 0) is 35.5 Å². The van der Waals surface area contributed by atoms with Crippen molar-refractivity contribution in [2.75, 3.05) is 33.9 Å². The van der Waals surface area contributed by atoms with Crippen LogP contribution in [0.25, 0.3) is 0 Å². The van der Waals surface area contributed by atoms with Gasteiger partial charge in [-0.05, 0) is 49.4 Å². The first-order valence-corrected chi connectivity index (χ1v) is 14.9. The van der Waals surface area contributed by atoms with Crippen LogP contribution in [-0.4, -0.2) is 79.7 Å². The van der Waals surface area contributed by atoms with Crippen LogP contribution in [0.15, 0.2) is 65.6 Å². The van der Waals surface area contributed by atoms with Crippen molar-refractivity contribution in [3.63, 3.8) is 0 Å². The van der Waals surface area contributed by atoms with Gasteiger partial charge < -0.3 is 19.7 Å². The molecule has 0 amide bonds. The quantitative estimate of drug-likeness (QED) is 0.0620. The second-order valence-corrected chi connectivity index (χ2v) is 11.6. The predicted octanol–water partition coefficient (Wildman–Crippen LogP) is 3.36. The maximum absolute atomic E-state index is 13.6. The summed E-state index contributed by atoms with van der Waals surface area (Å²) in [6, 6.07) is 10.6. The third-order valence-corrected chi connectivity index (χ3v) is 8.71. The maximum atomic E-state index is 13.6. The minimum absolute atomic E-state index is 0.00675. The van der Waals surface area contributed by atoms with Crippen LogP contribution in [0, 0.1) is 15.5 Å². The number of aliphatic hydroxyl groups is 1. The van der Waals surface area contributed by atoms with Crippen molar-refractivity contribution in [2.24, 2.45) is 5.41 Å². The van der Waals surface area contributed by atoms with E-state index in [2.05, 4.69) is 0 Å². The summed E-state index contributed by atoms with van der Waals surface area (Å²) in [6.07, 6.45) is 4.69. The minimum atomic E-state index is -4.33. The molecule has 13 nitrogen and oxygen atoms in total. The molecule has 2 rings (SSSR count). The Morgan fingerprint density at radius 1 is 0.953 bits per heavy atom. The normalized spacial score (nSPS) is 11.9. The molecule has 0 atom stereocenters. The molecule has 43 heavy (non-hydrogen) atoms. The van der Waals surface area contributed by atoms with E-state index in [0.29, 0.717) is 31.2 Å². The maximum Gasteiger partial charge on any atom is 0.335 e. The Labute approximate surface area is 249 Å². The molecule has 0 aromatic heterocycles. The van der Waals surface area contributed by atoms with Crippen molar-refractivity contribution >= 4 is 33.6 Å². The standard InChI is InChI=1S/C29H36N2O11S/c1-41-27(35)29(28(36)42-2,21-22-13-15-23(16-14-22)26(33)34)17-7-9-19-30(18-8-3-4-10-20-32)43(39,40)25-12-6-5-11-24(25)31(37)38/h5-7,9,11-16,32H,3-4,8,10,17-21H2,1-2H3,(H,33,34)/b9-7+. The fourth-order valence-electron chi connectivity index (χ4n) is 4.48. The first-order chi connectivity index (χ1) is 20.4. The number of hydrogen-bond donors (Lipinski definition) is 2. The Morgan fingerprint density at radius 2 is 1.56 bits per heavy atom. The number of sulfonamides is 1. The number of benzene rings is 2. The molecule has 0 unspecified atom stereocenters. The fourth-order valence-corrected chi connectivity index (χ4v) is 6.06. The number of nitro groups is 1. The summed E-state index contributed by atoms with van der Waals surface area (Å²) in [5, 5.41) is 29.7. The summed E-state index contributed by atoms with van der Waals surface area (Å²) in [7, 11) is -2.11. The van der Waals surface area contributed by atoms with E-state index in [-0.39, 0.29) is 38.1 Å². The van der Waals surface area contributed by atoms with Gasteiger partial charge in [0.1, 0.15) is 0 Å². The van der Waals surface area contributed by atoms with Crippen molar-refractivity contribution in [3.8, 4) is 0 Å². The van der Waals surface area contributed by atoms with E-state index in [1.807, 2.05) is 0 Å². The van der Waals surface area contributed by atoms with E-state index in [1.165, 1.54) is 48.6 Å². The highest BCUT2D eigenvalue weighted by molar-refractivity contribution is 7.89. The van der Waals surface area contributed by atoms with Crippen LogP contribution in [0.2, 0.25) is 0 Å². The molecule has 14 heteroatoms. The molecular weight excluding hydrogens is 584 g/mol.